The fraction of sp³-hybridized carbons (Fsp3) is 0.235. The largest absolute Gasteiger partial charge is 0.354 e. The van der Waals surface area contributed by atoms with Gasteiger partial charge in [-0.3, -0.25) is 4.79 Å². The summed E-state index contributed by atoms with van der Waals surface area (Å²) in [5, 5.41) is 2.74. The lowest BCUT2D eigenvalue weighted by molar-refractivity contribution is -0.122. The van der Waals surface area contributed by atoms with Crippen molar-refractivity contribution in [1.82, 2.24) is 10.0 Å². The molecule has 0 bridgehead atoms. The van der Waals surface area contributed by atoms with Crippen molar-refractivity contribution in [2.75, 3.05) is 6.54 Å². The van der Waals surface area contributed by atoms with Crippen molar-refractivity contribution >= 4 is 15.9 Å². The van der Waals surface area contributed by atoms with E-state index in [1.807, 2.05) is 30.3 Å². The topological polar surface area (TPSA) is 75.3 Å². The van der Waals surface area contributed by atoms with Gasteiger partial charge in [-0.1, -0.05) is 48.5 Å². The summed E-state index contributed by atoms with van der Waals surface area (Å²) < 4.78 is 26.7. The molecule has 0 aromatic heterocycles. The molecule has 0 saturated carbocycles. The molecule has 0 fully saturated rings. The van der Waals surface area contributed by atoms with Crippen molar-refractivity contribution < 1.29 is 13.2 Å². The highest BCUT2D eigenvalue weighted by atomic mass is 32.2. The van der Waals surface area contributed by atoms with Gasteiger partial charge >= 0.3 is 0 Å². The standard InChI is InChI=1S/C17H20N2O3S/c1-14(19-23(21,22)16-10-6-3-7-11-16)17(20)18-13-12-15-8-4-2-5-9-15/h2-11,14,19H,12-13H2,1H3,(H,18,20). The SMILES string of the molecule is CC(NS(=O)(=O)c1ccccc1)C(=O)NCCc1ccccc1. The number of sulfonamides is 1. The maximum absolute atomic E-state index is 12.2. The van der Waals surface area contributed by atoms with E-state index in [0.717, 1.165) is 5.56 Å². The van der Waals surface area contributed by atoms with Gasteiger partial charge in [0.15, 0.2) is 0 Å². The van der Waals surface area contributed by atoms with Crippen LogP contribution in [0.4, 0.5) is 0 Å². The van der Waals surface area contributed by atoms with Gasteiger partial charge in [-0.2, -0.15) is 4.72 Å². The van der Waals surface area contributed by atoms with Gasteiger partial charge < -0.3 is 5.32 Å². The Labute approximate surface area is 136 Å². The molecule has 2 aromatic carbocycles. The first kappa shape index (κ1) is 17.2. The Balaban J connectivity index is 1.85. The van der Waals surface area contributed by atoms with Crippen LogP contribution in [0.5, 0.6) is 0 Å². The molecule has 0 saturated heterocycles. The van der Waals surface area contributed by atoms with Crippen LogP contribution in [0.15, 0.2) is 65.6 Å². The van der Waals surface area contributed by atoms with Crippen LogP contribution in [-0.4, -0.2) is 26.9 Å². The molecule has 0 radical (unpaired) electrons. The highest BCUT2D eigenvalue weighted by Gasteiger charge is 2.21. The van der Waals surface area contributed by atoms with Gasteiger partial charge in [0, 0.05) is 6.54 Å². The van der Waals surface area contributed by atoms with Crippen molar-refractivity contribution in [1.29, 1.82) is 0 Å². The van der Waals surface area contributed by atoms with Crippen LogP contribution in [0, 0.1) is 0 Å². The zero-order valence-electron chi connectivity index (χ0n) is 12.9. The molecule has 1 unspecified atom stereocenters. The number of benzene rings is 2. The monoisotopic (exact) mass is 332 g/mol. The van der Waals surface area contributed by atoms with E-state index in [2.05, 4.69) is 10.0 Å². The predicted octanol–water partition coefficient (Wildman–Crippen LogP) is 1.71. The van der Waals surface area contributed by atoms with Gasteiger partial charge in [0.05, 0.1) is 10.9 Å². The Morgan fingerprint density at radius 2 is 1.57 bits per heavy atom. The van der Waals surface area contributed by atoms with Gasteiger partial charge in [-0.15, -0.1) is 0 Å². The Hall–Kier alpha value is -2.18. The number of hydrogen-bond acceptors (Lipinski definition) is 3. The van der Waals surface area contributed by atoms with E-state index in [9.17, 15) is 13.2 Å². The molecule has 2 aromatic rings. The van der Waals surface area contributed by atoms with E-state index in [4.69, 9.17) is 0 Å². The Morgan fingerprint density at radius 1 is 1.00 bits per heavy atom. The third-order valence-electron chi connectivity index (χ3n) is 3.33. The quantitative estimate of drug-likeness (QED) is 0.810. The second-order valence-corrected chi connectivity index (χ2v) is 6.90. The van der Waals surface area contributed by atoms with Crippen LogP contribution in [0.2, 0.25) is 0 Å². The van der Waals surface area contributed by atoms with Crippen LogP contribution in [0.1, 0.15) is 12.5 Å². The predicted molar refractivity (Wildman–Crippen MR) is 89.4 cm³/mol. The molecule has 23 heavy (non-hydrogen) atoms. The van der Waals surface area contributed by atoms with E-state index in [1.54, 1.807) is 18.2 Å². The van der Waals surface area contributed by atoms with Crippen molar-refractivity contribution in [3.63, 3.8) is 0 Å². The normalized spacial score (nSPS) is 12.6. The summed E-state index contributed by atoms with van der Waals surface area (Å²) in [7, 11) is -3.69. The Bertz CT molecular complexity index is 731. The van der Waals surface area contributed by atoms with Crippen LogP contribution in [0.3, 0.4) is 0 Å². The summed E-state index contributed by atoms with van der Waals surface area (Å²) in [5.41, 5.74) is 1.12. The van der Waals surface area contributed by atoms with Gasteiger partial charge in [0.2, 0.25) is 15.9 Å². The molecule has 1 amide bonds. The minimum Gasteiger partial charge on any atom is -0.354 e. The van der Waals surface area contributed by atoms with Gasteiger partial charge in [-0.05, 0) is 31.0 Å². The number of hydrogen-bond donors (Lipinski definition) is 2. The summed E-state index contributed by atoms with van der Waals surface area (Å²) in [4.78, 5) is 12.1. The van der Waals surface area contributed by atoms with Crippen LogP contribution in [-0.2, 0) is 21.2 Å². The van der Waals surface area contributed by atoms with Gasteiger partial charge in [0.1, 0.15) is 0 Å². The lowest BCUT2D eigenvalue weighted by atomic mass is 10.1. The summed E-state index contributed by atoms with van der Waals surface area (Å²) in [6.07, 6.45) is 0.699. The molecule has 2 rings (SSSR count). The molecule has 2 N–H and O–H groups in total. The summed E-state index contributed by atoms with van der Waals surface area (Å²) in [6.45, 7) is 1.98. The Kier molecular flexibility index (Phi) is 5.90. The lowest BCUT2D eigenvalue weighted by Gasteiger charge is -2.14. The van der Waals surface area contributed by atoms with Crippen LogP contribution < -0.4 is 10.0 Å². The molecule has 0 heterocycles. The second kappa shape index (κ2) is 7.89. The third kappa shape index (κ3) is 5.19. The number of nitrogens with one attached hydrogen (secondary N) is 2. The van der Waals surface area contributed by atoms with E-state index in [0.29, 0.717) is 13.0 Å². The van der Waals surface area contributed by atoms with Crippen LogP contribution >= 0.6 is 0 Å². The maximum Gasteiger partial charge on any atom is 0.241 e. The first-order valence-electron chi connectivity index (χ1n) is 7.38. The summed E-state index contributed by atoms with van der Waals surface area (Å²) in [5.74, 6) is -0.347. The smallest absolute Gasteiger partial charge is 0.241 e. The van der Waals surface area contributed by atoms with Crippen LogP contribution in [0.25, 0.3) is 0 Å². The number of rotatable bonds is 7. The minimum absolute atomic E-state index is 0.143. The second-order valence-electron chi connectivity index (χ2n) is 5.18. The van der Waals surface area contributed by atoms with Crippen molar-refractivity contribution in [2.24, 2.45) is 0 Å². The molecular formula is C17H20N2O3S. The average molecular weight is 332 g/mol. The zero-order chi connectivity index (χ0) is 16.7. The molecule has 0 spiro atoms. The molecule has 0 aliphatic carbocycles. The third-order valence-corrected chi connectivity index (χ3v) is 4.89. The molecule has 6 heteroatoms. The molecule has 0 aliphatic heterocycles. The van der Waals surface area contributed by atoms with Gasteiger partial charge in [0.25, 0.3) is 0 Å². The molecule has 5 nitrogen and oxygen atoms in total. The van der Waals surface area contributed by atoms with E-state index >= 15 is 0 Å². The van der Waals surface area contributed by atoms with E-state index < -0.39 is 16.1 Å². The summed E-state index contributed by atoms with van der Waals surface area (Å²) >= 11 is 0. The number of amides is 1. The lowest BCUT2D eigenvalue weighted by Crippen LogP contribution is -2.45. The molecular weight excluding hydrogens is 312 g/mol. The highest BCUT2D eigenvalue weighted by Crippen LogP contribution is 2.08. The highest BCUT2D eigenvalue weighted by molar-refractivity contribution is 7.89. The molecule has 0 aliphatic rings. The van der Waals surface area contributed by atoms with Crippen molar-refractivity contribution in [3.05, 3.63) is 66.2 Å². The summed E-state index contributed by atoms with van der Waals surface area (Å²) in [6, 6.07) is 16.9. The van der Waals surface area contributed by atoms with E-state index in [1.165, 1.54) is 19.1 Å². The number of carbonyl (C=O) groups is 1. The molecule has 122 valence electrons. The maximum atomic E-state index is 12.2. The zero-order valence-corrected chi connectivity index (χ0v) is 13.7. The fourth-order valence-electron chi connectivity index (χ4n) is 2.08. The van der Waals surface area contributed by atoms with Gasteiger partial charge in [-0.25, -0.2) is 8.42 Å². The first-order chi connectivity index (χ1) is 11.0. The minimum atomic E-state index is -3.69. The fourth-order valence-corrected chi connectivity index (χ4v) is 3.31. The average Bonchev–Trinajstić information content (AvgIpc) is 2.56. The Morgan fingerprint density at radius 3 is 2.17 bits per heavy atom. The first-order valence-corrected chi connectivity index (χ1v) is 8.86. The van der Waals surface area contributed by atoms with Crippen molar-refractivity contribution in [2.45, 2.75) is 24.3 Å². The number of carbonyl (C=O) groups excluding carboxylic acids is 1. The van der Waals surface area contributed by atoms with E-state index in [-0.39, 0.29) is 10.8 Å². The van der Waals surface area contributed by atoms with Crippen molar-refractivity contribution in [3.8, 4) is 0 Å². The molecule has 1 atom stereocenters.